The van der Waals surface area contributed by atoms with Gasteiger partial charge in [-0.05, 0) is 12.5 Å². The van der Waals surface area contributed by atoms with Crippen LogP contribution in [-0.2, 0) is 4.79 Å². The monoisotopic (exact) mass is 354 g/mol. The van der Waals surface area contributed by atoms with Crippen molar-refractivity contribution in [2.75, 3.05) is 0 Å². The third-order valence-corrected chi connectivity index (χ3v) is 2.94. The van der Waals surface area contributed by atoms with Crippen LogP contribution in [0.4, 0.5) is 5.69 Å². The summed E-state index contributed by atoms with van der Waals surface area (Å²) in [6.45, 7) is 1.82. The van der Waals surface area contributed by atoms with Gasteiger partial charge in [-0.2, -0.15) is 0 Å². The maximum absolute atomic E-state index is 11.6. The van der Waals surface area contributed by atoms with Crippen LogP contribution in [0.15, 0.2) is 24.3 Å². The zero-order valence-electron chi connectivity index (χ0n) is 11.0. The maximum atomic E-state index is 11.6. The molecule has 0 spiro atoms. The van der Waals surface area contributed by atoms with Gasteiger partial charge in [0.25, 0.3) is 5.69 Å². The molecule has 0 unspecified atom stereocenters. The van der Waals surface area contributed by atoms with E-state index in [1.807, 2.05) is 6.92 Å². The van der Waals surface area contributed by atoms with E-state index in [0.29, 0.717) is 6.42 Å². The number of rotatable bonds is 6. The Morgan fingerprint density at radius 1 is 1.48 bits per heavy atom. The third kappa shape index (κ3) is 5.95. The standard InChI is InChI=1S/C12H13Cl3N2O4/c1-2-4-10(18)16-11(12(13,14)15)21-9-6-3-5-8(7-9)17(19)20/h3,5-7,11H,2,4H2,1H3,(H,16,18)/t11-/m1/s1. The first-order valence-electron chi connectivity index (χ1n) is 6.01. The van der Waals surface area contributed by atoms with Gasteiger partial charge in [0, 0.05) is 12.5 Å². The van der Waals surface area contributed by atoms with Gasteiger partial charge < -0.3 is 10.1 Å². The summed E-state index contributed by atoms with van der Waals surface area (Å²) in [5, 5.41) is 13.1. The Bertz CT molecular complexity index is 519. The van der Waals surface area contributed by atoms with E-state index >= 15 is 0 Å². The third-order valence-electron chi connectivity index (χ3n) is 2.35. The highest BCUT2D eigenvalue weighted by atomic mass is 35.6. The molecule has 1 aromatic rings. The molecule has 1 atom stereocenters. The molecule has 0 aliphatic carbocycles. The molecule has 0 radical (unpaired) electrons. The lowest BCUT2D eigenvalue weighted by atomic mass is 10.3. The Morgan fingerprint density at radius 2 is 2.14 bits per heavy atom. The van der Waals surface area contributed by atoms with Crippen molar-refractivity contribution in [1.29, 1.82) is 0 Å². The molecular weight excluding hydrogens is 343 g/mol. The minimum Gasteiger partial charge on any atom is -0.466 e. The Balaban J connectivity index is 2.89. The average molecular weight is 356 g/mol. The predicted molar refractivity (Wildman–Crippen MR) is 80.9 cm³/mol. The number of amides is 1. The smallest absolute Gasteiger partial charge is 0.273 e. The Hall–Kier alpha value is -1.24. The fourth-order valence-corrected chi connectivity index (χ4v) is 1.73. The number of nitrogens with one attached hydrogen (secondary N) is 1. The number of hydrogen-bond acceptors (Lipinski definition) is 4. The van der Waals surface area contributed by atoms with Gasteiger partial charge >= 0.3 is 0 Å². The van der Waals surface area contributed by atoms with E-state index < -0.39 is 14.9 Å². The number of carbonyl (C=O) groups excluding carboxylic acids is 1. The van der Waals surface area contributed by atoms with Crippen LogP contribution in [0.5, 0.6) is 5.75 Å². The number of halogens is 3. The fraction of sp³-hybridized carbons (Fsp3) is 0.417. The van der Waals surface area contributed by atoms with Gasteiger partial charge in [0.15, 0.2) is 0 Å². The summed E-state index contributed by atoms with van der Waals surface area (Å²) < 4.78 is 3.43. The van der Waals surface area contributed by atoms with E-state index in [9.17, 15) is 14.9 Å². The van der Waals surface area contributed by atoms with Gasteiger partial charge in [-0.15, -0.1) is 0 Å². The summed E-state index contributed by atoms with van der Waals surface area (Å²) in [6, 6.07) is 5.36. The molecule has 1 rings (SSSR count). The molecule has 6 nitrogen and oxygen atoms in total. The quantitative estimate of drug-likeness (QED) is 0.366. The van der Waals surface area contributed by atoms with Gasteiger partial charge in [-0.25, -0.2) is 0 Å². The Labute approximate surface area is 136 Å². The molecular formula is C12H13Cl3N2O4. The van der Waals surface area contributed by atoms with Gasteiger partial charge in [-0.3, -0.25) is 14.9 Å². The topological polar surface area (TPSA) is 81.5 Å². The van der Waals surface area contributed by atoms with E-state index in [2.05, 4.69) is 5.32 Å². The number of carbonyl (C=O) groups is 1. The van der Waals surface area contributed by atoms with Gasteiger partial charge in [-0.1, -0.05) is 47.8 Å². The van der Waals surface area contributed by atoms with Crippen molar-refractivity contribution in [3.05, 3.63) is 34.4 Å². The average Bonchev–Trinajstić information content (AvgIpc) is 2.37. The lowest BCUT2D eigenvalue weighted by Crippen LogP contribution is -2.47. The van der Waals surface area contributed by atoms with Crippen LogP contribution >= 0.6 is 34.8 Å². The van der Waals surface area contributed by atoms with Crippen LogP contribution in [0, 0.1) is 10.1 Å². The largest absolute Gasteiger partial charge is 0.466 e. The molecule has 21 heavy (non-hydrogen) atoms. The summed E-state index contributed by atoms with van der Waals surface area (Å²) in [5.74, 6) is -0.239. The number of alkyl halides is 3. The van der Waals surface area contributed by atoms with Crippen LogP contribution in [-0.4, -0.2) is 20.9 Å². The molecule has 1 N–H and O–H groups in total. The number of hydrogen-bond donors (Lipinski definition) is 1. The van der Waals surface area contributed by atoms with Crippen LogP contribution in [0.1, 0.15) is 19.8 Å². The molecule has 1 amide bonds. The Morgan fingerprint density at radius 3 is 2.67 bits per heavy atom. The zero-order valence-corrected chi connectivity index (χ0v) is 13.3. The van der Waals surface area contributed by atoms with Crippen molar-refractivity contribution in [2.24, 2.45) is 0 Å². The second kappa shape index (κ2) is 7.68. The van der Waals surface area contributed by atoms with Gasteiger partial charge in [0.05, 0.1) is 11.0 Å². The molecule has 0 aliphatic rings. The van der Waals surface area contributed by atoms with Crippen molar-refractivity contribution in [3.63, 3.8) is 0 Å². The molecule has 0 saturated carbocycles. The summed E-state index contributed by atoms with van der Waals surface area (Å²) in [4.78, 5) is 21.7. The first-order valence-corrected chi connectivity index (χ1v) is 7.14. The van der Waals surface area contributed by atoms with E-state index in [0.717, 1.165) is 0 Å². The van der Waals surface area contributed by atoms with Crippen LogP contribution < -0.4 is 10.1 Å². The van der Waals surface area contributed by atoms with Crippen molar-refractivity contribution in [1.82, 2.24) is 5.32 Å². The minimum absolute atomic E-state index is 0.109. The van der Waals surface area contributed by atoms with Gasteiger partial charge in [0.2, 0.25) is 15.9 Å². The molecule has 9 heteroatoms. The lowest BCUT2D eigenvalue weighted by molar-refractivity contribution is -0.384. The number of nitro groups is 1. The normalized spacial score (nSPS) is 12.6. The second-order valence-corrected chi connectivity index (χ2v) is 6.48. The molecule has 0 fully saturated rings. The molecule has 1 aromatic carbocycles. The number of nitrogens with zero attached hydrogens (tertiary/aromatic N) is 1. The predicted octanol–water partition coefficient (Wildman–Crippen LogP) is 3.59. The van der Waals surface area contributed by atoms with E-state index in [4.69, 9.17) is 39.5 Å². The summed E-state index contributed by atoms with van der Waals surface area (Å²) in [5.41, 5.74) is -0.171. The van der Waals surface area contributed by atoms with Crippen molar-refractivity contribution < 1.29 is 14.5 Å². The highest BCUT2D eigenvalue weighted by molar-refractivity contribution is 6.68. The highest BCUT2D eigenvalue weighted by Crippen LogP contribution is 2.32. The molecule has 116 valence electrons. The van der Waals surface area contributed by atoms with Gasteiger partial charge in [0.1, 0.15) is 5.75 Å². The van der Waals surface area contributed by atoms with Crippen LogP contribution in [0.25, 0.3) is 0 Å². The number of nitro benzene ring substituents is 1. The van der Waals surface area contributed by atoms with Crippen LogP contribution in [0.3, 0.4) is 0 Å². The number of non-ortho nitro benzene ring substituents is 1. The zero-order chi connectivity index (χ0) is 16.0. The van der Waals surface area contributed by atoms with E-state index in [-0.39, 0.29) is 23.8 Å². The van der Waals surface area contributed by atoms with Crippen molar-refractivity contribution in [3.8, 4) is 5.75 Å². The summed E-state index contributed by atoms with van der Waals surface area (Å²) in [6.07, 6.45) is -0.395. The maximum Gasteiger partial charge on any atom is 0.273 e. The summed E-state index contributed by atoms with van der Waals surface area (Å²) in [7, 11) is 0. The molecule has 0 bridgehead atoms. The summed E-state index contributed by atoms with van der Waals surface area (Å²) >= 11 is 17.3. The second-order valence-electron chi connectivity index (χ2n) is 4.11. The molecule has 0 heterocycles. The highest BCUT2D eigenvalue weighted by Gasteiger charge is 2.36. The fourth-order valence-electron chi connectivity index (χ4n) is 1.43. The van der Waals surface area contributed by atoms with Crippen LogP contribution in [0.2, 0.25) is 0 Å². The van der Waals surface area contributed by atoms with E-state index in [1.165, 1.54) is 24.3 Å². The minimum atomic E-state index is -1.92. The first-order chi connectivity index (χ1) is 9.74. The lowest BCUT2D eigenvalue weighted by Gasteiger charge is -2.26. The molecule has 0 aromatic heterocycles. The Kier molecular flexibility index (Phi) is 6.51. The molecule has 0 aliphatic heterocycles. The number of ether oxygens (including phenoxy) is 1. The van der Waals surface area contributed by atoms with E-state index in [1.54, 1.807) is 0 Å². The molecule has 0 saturated heterocycles. The van der Waals surface area contributed by atoms with Crippen molar-refractivity contribution in [2.45, 2.75) is 29.8 Å². The van der Waals surface area contributed by atoms with Crippen molar-refractivity contribution >= 4 is 46.4 Å². The first kappa shape index (κ1) is 17.8. The number of benzene rings is 1. The SMILES string of the molecule is CCCC(=O)N[C@H](Oc1cccc([N+](=O)[O-])c1)C(Cl)(Cl)Cl.